The van der Waals surface area contributed by atoms with Crippen molar-refractivity contribution < 1.29 is 24.2 Å². The van der Waals surface area contributed by atoms with Gasteiger partial charge in [0, 0.05) is 7.11 Å². The second kappa shape index (κ2) is 5.56. The minimum absolute atomic E-state index is 0.279. The van der Waals surface area contributed by atoms with E-state index in [0.29, 0.717) is 12.8 Å². The zero-order valence-electron chi connectivity index (χ0n) is 11.2. The van der Waals surface area contributed by atoms with Crippen LogP contribution in [0.1, 0.15) is 33.6 Å². The van der Waals surface area contributed by atoms with E-state index >= 15 is 0 Å². The van der Waals surface area contributed by atoms with E-state index in [0.717, 1.165) is 0 Å². The summed E-state index contributed by atoms with van der Waals surface area (Å²) in [6.45, 7) is 5.26. The van der Waals surface area contributed by atoms with Crippen molar-refractivity contribution in [1.29, 1.82) is 0 Å². The third-order valence-electron chi connectivity index (χ3n) is 2.90. The van der Waals surface area contributed by atoms with Gasteiger partial charge in [-0.05, 0) is 33.6 Å². The average Bonchev–Trinajstić information content (AvgIpc) is 2.57. The van der Waals surface area contributed by atoms with E-state index < -0.39 is 29.6 Å². The molecule has 1 fully saturated rings. The average molecular weight is 259 g/mol. The summed E-state index contributed by atoms with van der Waals surface area (Å²) in [6.07, 6.45) is 0.226. The zero-order chi connectivity index (χ0) is 13.9. The van der Waals surface area contributed by atoms with E-state index in [4.69, 9.17) is 14.6 Å². The van der Waals surface area contributed by atoms with Gasteiger partial charge in [-0.2, -0.15) is 0 Å². The lowest BCUT2D eigenvalue weighted by atomic mass is 10.0. The standard InChI is InChI=1S/C12H21NO5/c1-12(2,3)18-11(16)13-9-7(10(14)15)5-6-8(9)17-4/h7-9H,5-6H2,1-4H3,(H,13,16)(H,14,15)/t7-,8+,9+/m1/s1. The highest BCUT2D eigenvalue weighted by Crippen LogP contribution is 2.28. The van der Waals surface area contributed by atoms with Gasteiger partial charge in [-0.25, -0.2) is 4.79 Å². The smallest absolute Gasteiger partial charge is 0.407 e. The summed E-state index contributed by atoms with van der Waals surface area (Å²) in [4.78, 5) is 22.8. The van der Waals surface area contributed by atoms with Crippen LogP contribution in [0.4, 0.5) is 4.79 Å². The van der Waals surface area contributed by atoms with Crippen molar-refractivity contribution in [3.8, 4) is 0 Å². The molecular formula is C12H21NO5. The number of carboxylic acid groups (broad SMARTS) is 1. The van der Waals surface area contributed by atoms with E-state index in [-0.39, 0.29) is 6.10 Å². The molecule has 1 saturated carbocycles. The number of rotatable bonds is 3. The Bertz CT molecular complexity index is 323. The summed E-state index contributed by atoms with van der Waals surface area (Å²) < 4.78 is 10.3. The molecule has 0 aliphatic heterocycles. The van der Waals surface area contributed by atoms with Crippen molar-refractivity contribution in [3.05, 3.63) is 0 Å². The Morgan fingerprint density at radius 1 is 1.28 bits per heavy atom. The molecule has 18 heavy (non-hydrogen) atoms. The van der Waals surface area contributed by atoms with Crippen molar-refractivity contribution >= 4 is 12.1 Å². The molecule has 104 valence electrons. The minimum atomic E-state index is -0.921. The van der Waals surface area contributed by atoms with Gasteiger partial charge in [0.15, 0.2) is 0 Å². The maximum atomic E-state index is 11.7. The fraction of sp³-hybridized carbons (Fsp3) is 0.833. The number of methoxy groups -OCH3 is 1. The Morgan fingerprint density at radius 2 is 1.89 bits per heavy atom. The van der Waals surface area contributed by atoms with Crippen LogP contribution in [0.2, 0.25) is 0 Å². The van der Waals surface area contributed by atoms with Gasteiger partial charge in [0.05, 0.1) is 18.1 Å². The molecule has 0 radical (unpaired) electrons. The number of nitrogens with one attached hydrogen (secondary N) is 1. The lowest BCUT2D eigenvalue weighted by Gasteiger charge is -2.26. The summed E-state index contributed by atoms with van der Waals surface area (Å²) in [5.74, 6) is -1.54. The molecule has 1 rings (SSSR count). The van der Waals surface area contributed by atoms with Gasteiger partial charge in [0.25, 0.3) is 0 Å². The molecular weight excluding hydrogens is 238 g/mol. The quantitative estimate of drug-likeness (QED) is 0.800. The molecule has 6 nitrogen and oxygen atoms in total. The van der Waals surface area contributed by atoms with Crippen LogP contribution < -0.4 is 5.32 Å². The molecule has 0 spiro atoms. The fourth-order valence-electron chi connectivity index (χ4n) is 2.14. The summed E-state index contributed by atoms with van der Waals surface area (Å²) in [5, 5.41) is 11.7. The van der Waals surface area contributed by atoms with Crippen molar-refractivity contribution in [1.82, 2.24) is 5.32 Å². The SMILES string of the molecule is CO[C@H]1CC[C@@H](C(=O)O)[C@@H]1NC(=O)OC(C)(C)C. The number of alkyl carbamates (subject to hydrolysis) is 1. The predicted octanol–water partition coefficient (Wildman–Crippen LogP) is 1.39. The number of carbonyl (C=O) groups is 2. The van der Waals surface area contributed by atoms with E-state index in [2.05, 4.69) is 5.32 Å². The maximum Gasteiger partial charge on any atom is 0.407 e. The highest BCUT2D eigenvalue weighted by Gasteiger charge is 2.42. The molecule has 0 saturated heterocycles. The Balaban J connectivity index is 2.66. The molecule has 6 heteroatoms. The highest BCUT2D eigenvalue weighted by atomic mass is 16.6. The summed E-state index contributed by atoms with van der Waals surface area (Å²) >= 11 is 0. The molecule has 3 atom stereocenters. The largest absolute Gasteiger partial charge is 0.481 e. The molecule has 0 aromatic rings. The lowest BCUT2D eigenvalue weighted by molar-refractivity contribution is -0.142. The molecule has 0 aromatic carbocycles. The van der Waals surface area contributed by atoms with Gasteiger partial charge in [0.2, 0.25) is 0 Å². The number of carboxylic acids is 1. The highest BCUT2D eigenvalue weighted by molar-refractivity contribution is 5.74. The maximum absolute atomic E-state index is 11.7. The van der Waals surface area contributed by atoms with Crippen LogP contribution in [-0.4, -0.2) is 42.0 Å². The summed E-state index contributed by atoms with van der Waals surface area (Å²) in [6, 6.07) is -0.539. The molecule has 1 amide bonds. The predicted molar refractivity (Wildman–Crippen MR) is 64.3 cm³/mol. The topological polar surface area (TPSA) is 84.9 Å². The second-order valence-corrected chi connectivity index (χ2v) is 5.47. The number of ether oxygens (including phenoxy) is 2. The van der Waals surface area contributed by atoms with Crippen molar-refractivity contribution in [2.24, 2.45) is 5.92 Å². The Hall–Kier alpha value is -1.30. The van der Waals surface area contributed by atoms with Gasteiger partial charge >= 0.3 is 12.1 Å². The first kappa shape index (κ1) is 14.8. The van der Waals surface area contributed by atoms with Gasteiger partial charge in [-0.1, -0.05) is 0 Å². The van der Waals surface area contributed by atoms with Gasteiger partial charge in [0.1, 0.15) is 5.60 Å². The van der Waals surface area contributed by atoms with Gasteiger partial charge < -0.3 is 19.9 Å². The molecule has 0 heterocycles. The third kappa shape index (κ3) is 3.87. The van der Waals surface area contributed by atoms with Crippen LogP contribution in [0.15, 0.2) is 0 Å². The number of hydrogen-bond acceptors (Lipinski definition) is 4. The minimum Gasteiger partial charge on any atom is -0.481 e. The molecule has 0 bridgehead atoms. The van der Waals surface area contributed by atoms with Crippen molar-refractivity contribution in [2.75, 3.05) is 7.11 Å². The summed E-state index contributed by atoms with van der Waals surface area (Å²) in [5.41, 5.74) is -0.607. The van der Waals surface area contributed by atoms with Crippen molar-refractivity contribution in [2.45, 2.75) is 51.4 Å². The Morgan fingerprint density at radius 3 is 2.33 bits per heavy atom. The first-order valence-corrected chi connectivity index (χ1v) is 5.99. The first-order chi connectivity index (χ1) is 8.24. The lowest BCUT2D eigenvalue weighted by Crippen LogP contribution is -2.48. The van der Waals surface area contributed by atoms with Crippen LogP contribution >= 0.6 is 0 Å². The van der Waals surface area contributed by atoms with Crippen LogP contribution in [0, 0.1) is 5.92 Å². The molecule has 1 aliphatic carbocycles. The fourth-order valence-corrected chi connectivity index (χ4v) is 2.14. The van der Waals surface area contributed by atoms with E-state index in [1.54, 1.807) is 20.8 Å². The van der Waals surface area contributed by atoms with Gasteiger partial charge in [-0.15, -0.1) is 0 Å². The van der Waals surface area contributed by atoms with Crippen LogP contribution in [0.25, 0.3) is 0 Å². The zero-order valence-corrected chi connectivity index (χ0v) is 11.2. The normalized spacial score (nSPS) is 27.9. The van der Waals surface area contributed by atoms with Crippen LogP contribution in [0.5, 0.6) is 0 Å². The molecule has 0 aromatic heterocycles. The van der Waals surface area contributed by atoms with Crippen molar-refractivity contribution in [3.63, 3.8) is 0 Å². The van der Waals surface area contributed by atoms with E-state index in [9.17, 15) is 9.59 Å². The molecule has 0 unspecified atom stereocenters. The number of hydrogen-bond donors (Lipinski definition) is 2. The monoisotopic (exact) mass is 259 g/mol. The summed E-state index contributed by atoms with van der Waals surface area (Å²) in [7, 11) is 1.51. The number of amides is 1. The first-order valence-electron chi connectivity index (χ1n) is 5.99. The van der Waals surface area contributed by atoms with Crippen LogP contribution in [-0.2, 0) is 14.3 Å². The van der Waals surface area contributed by atoms with E-state index in [1.807, 2.05) is 0 Å². The molecule has 2 N–H and O–H groups in total. The van der Waals surface area contributed by atoms with Crippen LogP contribution in [0.3, 0.4) is 0 Å². The van der Waals surface area contributed by atoms with E-state index in [1.165, 1.54) is 7.11 Å². The second-order valence-electron chi connectivity index (χ2n) is 5.47. The Labute approximate surface area is 107 Å². The third-order valence-corrected chi connectivity index (χ3v) is 2.90. The van der Waals surface area contributed by atoms with Gasteiger partial charge in [-0.3, -0.25) is 4.79 Å². The Kier molecular flexibility index (Phi) is 4.56. The number of aliphatic carboxylic acids is 1. The molecule has 1 aliphatic rings. The number of carbonyl (C=O) groups excluding carboxylic acids is 1.